The minimum Gasteiger partial charge on any atom is -0.272 e. The van der Waals surface area contributed by atoms with Crippen LogP contribution in [-0.4, -0.2) is 36.3 Å². The summed E-state index contributed by atoms with van der Waals surface area (Å²) in [4.78, 5) is 20.4. The van der Waals surface area contributed by atoms with E-state index >= 15 is 0 Å². The maximum Gasteiger partial charge on any atom is 0.301 e. The van der Waals surface area contributed by atoms with Crippen molar-refractivity contribution in [3.8, 4) is 5.69 Å². The van der Waals surface area contributed by atoms with Gasteiger partial charge >= 0.3 is 5.69 Å². The van der Waals surface area contributed by atoms with Gasteiger partial charge in [0.25, 0.3) is 5.69 Å². The van der Waals surface area contributed by atoms with Crippen LogP contribution in [0.5, 0.6) is 0 Å². The minimum absolute atomic E-state index is 0.0272. The quantitative estimate of drug-likeness (QED) is 0.329. The Morgan fingerprint density at radius 3 is 2.57 bits per heavy atom. The summed E-state index contributed by atoms with van der Waals surface area (Å²) >= 11 is 3.35. The average Bonchev–Trinajstić information content (AvgIpc) is 3.14. The molecule has 0 amide bonds. The molecule has 13 heteroatoms. The first kappa shape index (κ1) is 19.0. The zero-order valence-electron chi connectivity index (χ0n) is 14.0. The second-order valence-corrected chi connectivity index (χ2v) is 6.24. The lowest BCUT2D eigenvalue weighted by atomic mass is 10.2. The number of anilines is 1. The van der Waals surface area contributed by atoms with Gasteiger partial charge in [0.2, 0.25) is 0 Å². The molecule has 0 aliphatic heterocycles. The maximum atomic E-state index is 11.1. The van der Waals surface area contributed by atoms with Crippen LogP contribution in [0, 0.1) is 20.2 Å². The number of aromatic nitrogens is 4. The Labute approximate surface area is 165 Å². The Bertz CT molecular complexity index is 1050. The van der Waals surface area contributed by atoms with Crippen LogP contribution >= 0.6 is 15.9 Å². The molecule has 3 rings (SSSR count). The molecule has 0 bridgehead atoms. The van der Waals surface area contributed by atoms with Crippen LogP contribution < -0.4 is 5.43 Å². The largest absolute Gasteiger partial charge is 0.301 e. The van der Waals surface area contributed by atoms with Crippen molar-refractivity contribution >= 4 is 39.2 Å². The fourth-order valence-corrected chi connectivity index (χ4v) is 2.50. The molecule has 0 aliphatic carbocycles. The Morgan fingerprint density at radius 2 is 1.89 bits per heavy atom. The number of nitrogens with zero attached hydrogens (tertiary/aromatic N) is 7. The number of hydrogen-bond donors (Lipinski definition) is 1. The summed E-state index contributed by atoms with van der Waals surface area (Å²) < 4.78 is 2.45. The van der Waals surface area contributed by atoms with E-state index in [9.17, 15) is 20.2 Å². The number of hydrazone groups is 1. The predicted molar refractivity (Wildman–Crippen MR) is 102 cm³/mol. The molecule has 2 aromatic carbocycles. The predicted octanol–water partition coefficient (Wildman–Crippen LogP) is 2.88. The Kier molecular flexibility index (Phi) is 5.64. The average molecular weight is 447 g/mol. The molecule has 0 aliphatic rings. The molecule has 3 aromatic rings. The summed E-state index contributed by atoms with van der Waals surface area (Å²) in [5.74, 6) is 0.506. The van der Waals surface area contributed by atoms with E-state index < -0.39 is 15.5 Å². The van der Waals surface area contributed by atoms with Crippen LogP contribution in [0.3, 0.4) is 0 Å². The van der Waals surface area contributed by atoms with Gasteiger partial charge in [0, 0.05) is 23.2 Å². The molecule has 0 atom stereocenters. The van der Waals surface area contributed by atoms with E-state index in [4.69, 9.17) is 0 Å². The number of halogens is 1. The van der Waals surface area contributed by atoms with E-state index in [1.807, 2.05) is 24.3 Å². The van der Waals surface area contributed by atoms with Gasteiger partial charge in [-0.05, 0) is 40.8 Å². The number of rotatable bonds is 7. The van der Waals surface area contributed by atoms with Crippen LogP contribution in [0.1, 0.15) is 5.82 Å². The molecular weight excluding hydrogens is 436 g/mol. The summed E-state index contributed by atoms with van der Waals surface area (Å²) in [6.07, 6.45) is 1.68. The van der Waals surface area contributed by atoms with E-state index in [-0.39, 0.29) is 17.8 Å². The van der Waals surface area contributed by atoms with E-state index in [1.165, 1.54) is 17.0 Å². The van der Waals surface area contributed by atoms with Crippen molar-refractivity contribution in [2.24, 2.45) is 5.10 Å². The molecular formula is C15H11BrN8O4. The van der Waals surface area contributed by atoms with E-state index in [0.29, 0.717) is 5.82 Å². The van der Waals surface area contributed by atoms with Crippen LogP contribution in [-0.2, 0) is 6.42 Å². The summed E-state index contributed by atoms with van der Waals surface area (Å²) in [5, 5.41) is 37.3. The normalized spacial score (nSPS) is 10.9. The molecule has 1 N–H and O–H groups in total. The second kappa shape index (κ2) is 8.30. The Balaban J connectivity index is 1.72. The van der Waals surface area contributed by atoms with Crippen molar-refractivity contribution in [3.05, 3.63) is 73.0 Å². The third-order valence-electron chi connectivity index (χ3n) is 3.54. The molecule has 0 saturated heterocycles. The monoisotopic (exact) mass is 446 g/mol. The molecule has 142 valence electrons. The van der Waals surface area contributed by atoms with Crippen molar-refractivity contribution in [2.75, 3.05) is 5.43 Å². The number of nitro groups is 2. The highest BCUT2D eigenvalue weighted by atomic mass is 79.9. The third-order valence-corrected chi connectivity index (χ3v) is 4.07. The van der Waals surface area contributed by atoms with Crippen LogP contribution in [0.15, 0.2) is 52.0 Å². The van der Waals surface area contributed by atoms with Gasteiger partial charge in [-0.25, -0.2) is 0 Å². The summed E-state index contributed by atoms with van der Waals surface area (Å²) in [7, 11) is 0. The van der Waals surface area contributed by atoms with E-state index in [1.54, 1.807) is 0 Å². The van der Waals surface area contributed by atoms with Gasteiger partial charge in [0.05, 0.1) is 21.6 Å². The van der Waals surface area contributed by atoms with Crippen molar-refractivity contribution in [2.45, 2.75) is 6.42 Å². The summed E-state index contributed by atoms with van der Waals surface area (Å²) in [5.41, 5.74) is 2.47. The zero-order valence-corrected chi connectivity index (χ0v) is 15.6. The third kappa shape index (κ3) is 4.32. The topological polar surface area (TPSA) is 154 Å². The first-order valence-electron chi connectivity index (χ1n) is 7.69. The standard InChI is InChI=1S/C15H11BrN8O4/c16-10-1-3-11(4-2-10)22-15(19-20-21-22)7-8-17-18-13-6-5-12(23(25)26)9-14(13)24(27)28/h1-6,8-9,18H,7H2. The molecule has 0 saturated carbocycles. The van der Waals surface area contributed by atoms with Crippen LogP contribution in [0.25, 0.3) is 5.69 Å². The first-order valence-corrected chi connectivity index (χ1v) is 8.48. The number of tetrazole rings is 1. The van der Waals surface area contributed by atoms with Crippen LogP contribution in [0.2, 0.25) is 0 Å². The van der Waals surface area contributed by atoms with Gasteiger partial charge in [0.15, 0.2) is 5.82 Å². The van der Waals surface area contributed by atoms with Gasteiger partial charge in [-0.15, -0.1) is 5.10 Å². The molecule has 1 aromatic heterocycles. The van der Waals surface area contributed by atoms with Crippen LogP contribution in [0.4, 0.5) is 17.1 Å². The van der Waals surface area contributed by atoms with Gasteiger partial charge in [0.1, 0.15) is 5.69 Å². The number of nitro benzene ring substituents is 2. The smallest absolute Gasteiger partial charge is 0.272 e. The number of non-ortho nitro benzene ring substituents is 1. The zero-order chi connectivity index (χ0) is 20.1. The first-order chi connectivity index (χ1) is 13.5. The Hall–Kier alpha value is -3.74. The molecule has 0 unspecified atom stereocenters. The van der Waals surface area contributed by atoms with Gasteiger partial charge in [-0.1, -0.05) is 15.9 Å². The van der Waals surface area contributed by atoms with Gasteiger partial charge < -0.3 is 0 Å². The van der Waals surface area contributed by atoms with Crippen molar-refractivity contribution in [1.29, 1.82) is 0 Å². The van der Waals surface area contributed by atoms with Crippen molar-refractivity contribution in [3.63, 3.8) is 0 Å². The van der Waals surface area contributed by atoms with Crippen molar-refractivity contribution < 1.29 is 9.85 Å². The molecule has 0 fully saturated rings. The van der Waals surface area contributed by atoms with E-state index in [2.05, 4.69) is 42.0 Å². The lowest BCUT2D eigenvalue weighted by Crippen LogP contribution is -2.04. The number of nitrogens with one attached hydrogen (secondary N) is 1. The SMILES string of the molecule is O=[N+]([O-])c1ccc(NN=CCc2nnnn2-c2ccc(Br)cc2)c([N+](=O)[O-])c1. The lowest BCUT2D eigenvalue weighted by Gasteiger charge is -2.03. The molecule has 28 heavy (non-hydrogen) atoms. The molecule has 12 nitrogen and oxygen atoms in total. The summed E-state index contributed by atoms with van der Waals surface area (Å²) in [6.45, 7) is 0. The highest BCUT2D eigenvalue weighted by Crippen LogP contribution is 2.28. The molecule has 1 heterocycles. The minimum atomic E-state index is -0.723. The fourth-order valence-electron chi connectivity index (χ4n) is 2.24. The number of benzene rings is 2. The highest BCUT2D eigenvalue weighted by Gasteiger charge is 2.19. The Morgan fingerprint density at radius 1 is 1.14 bits per heavy atom. The molecule has 0 spiro atoms. The van der Waals surface area contributed by atoms with Crippen molar-refractivity contribution in [1.82, 2.24) is 20.2 Å². The fraction of sp³-hybridized carbons (Fsp3) is 0.0667. The summed E-state index contributed by atoms with van der Waals surface area (Å²) in [6, 6.07) is 10.6. The lowest BCUT2D eigenvalue weighted by molar-refractivity contribution is -0.393. The van der Waals surface area contributed by atoms with E-state index in [0.717, 1.165) is 22.3 Å². The maximum absolute atomic E-state index is 11.1. The molecule has 0 radical (unpaired) electrons. The second-order valence-electron chi connectivity index (χ2n) is 5.33. The number of hydrogen-bond acceptors (Lipinski definition) is 9. The van der Waals surface area contributed by atoms with Gasteiger partial charge in [-0.3, -0.25) is 25.7 Å². The highest BCUT2D eigenvalue weighted by molar-refractivity contribution is 9.10. The van der Waals surface area contributed by atoms with Gasteiger partial charge in [-0.2, -0.15) is 9.78 Å².